The Morgan fingerprint density at radius 1 is 1.40 bits per heavy atom. The predicted molar refractivity (Wildman–Crippen MR) is 65.4 cm³/mol. The van der Waals surface area contributed by atoms with Crippen molar-refractivity contribution in [3.63, 3.8) is 0 Å². The summed E-state index contributed by atoms with van der Waals surface area (Å²) in [4.78, 5) is 23.0. The third-order valence-corrected chi connectivity index (χ3v) is 3.13. The van der Waals surface area contributed by atoms with Crippen molar-refractivity contribution in [3.05, 3.63) is 33.6 Å². The Morgan fingerprint density at radius 3 is 2.45 bits per heavy atom. The summed E-state index contributed by atoms with van der Waals surface area (Å²) in [5.74, 6) is -1.90. The molecule has 2 atom stereocenters. The van der Waals surface area contributed by atoms with Crippen molar-refractivity contribution >= 4 is 17.3 Å². The first-order chi connectivity index (χ1) is 9.32. The smallest absolute Gasteiger partial charge is 0.293 e. The molecule has 20 heavy (non-hydrogen) atoms. The minimum Gasteiger partial charge on any atom is -0.392 e. The fourth-order valence-corrected chi connectivity index (χ4v) is 2.05. The van der Waals surface area contributed by atoms with Gasteiger partial charge in [0.25, 0.3) is 11.6 Å². The lowest BCUT2D eigenvalue weighted by Gasteiger charge is -2.16. The monoisotopic (exact) mass is 285 g/mol. The molecule has 1 aliphatic rings. The number of carbonyl (C=O) groups excluding carboxylic acids is 1. The van der Waals surface area contributed by atoms with Gasteiger partial charge < -0.3 is 20.8 Å². The predicted octanol–water partition coefficient (Wildman–Crippen LogP) is -0.506. The Bertz CT molecular complexity index is 569. The van der Waals surface area contributed by atoms with E-state index < -0.39 is 45.8 Å². The molecule has 1 aromatic rings. The van der Waals surface area contributed by atoms with E-state index in [1.165, 1.54) is 0 Å². The summed E-state index contributed by atoms with van der Waals surface area (Å²) in [6.07, 6.45) is -2.27. The fraction of sp³-hybridized carbons (Fsp3) is 0.364. The third-order valence-electron chi connectivity index (χ3n) is 3.13. The van der Waals surface area contributed by atoms with Gasteiger partial charge in [-0.15, -0.1) is 0 Å². The Balaban J connectivity index is 2.40. The Morgan fingerprint density at radius 2 is 1.95 bits per heavy atom. The van der Waals surface area contributed by atoms with E-state index in [2.05, 4.69) is 0 Å². The minimum atomic E-state index is -1.14. The quantitative estimate of drug-likeness (QED) is 0.381. The number of anilines is 1. The molecule has 0 bridgehead atoms. The van der Waals surface area contributed by atoms with E-state index in [9.17, 15) is 29.5 Å². The lowest BCUT2D eigenvalue weighted by atomic mass is 10.1. The summed E-state index contributed by atoms with van der Waals surface area (Å²) in [6.45, 7) is -0.386. The number of amides is 1. The van der Waals surface area contributed by atoms with Crippen molar-refractivity contribution < 1.29 is 24.3 Å². The van der Waals surface area contributed by atoms with Crippen molar-refractivity contribution in [3.8, 4) is 0 Å². The Hall–Kier alpha value is -2.26. The third kappa shape index (κ3) is 2.28. The SMILES string of the molecule is Nc1c([N+](=O)[O-])ccc(F)c1C(=O)N1CC(O)C(O)C1. The van der Waals surface area contributed by atoms with E-state index >= 15 is 0 Å². The van der Waals surface area contributed by atoms with Gasteiger partial charge in [-0.25, -0.2) is 4.39 Å². The Kier molecular flexibility index (Phi) is 3.55. The first-order valence-electron chi connectivity index (χ1n) is 5.70. The maximum Gasteiger partial charge on any atom is 0.293 e. The van der Waals surface area contributed by atoms with Crippen LogP contribution in [0.5, 0.6) is 0 Å². The van der Waals surface area contributed by atoms with E-state index in [-0.39, 0.29) is 13.1 Å². The highest BCUT2D eigenvalue weighted by molar-refractivity contribution is 6.01. The van der Waals surface area contributed by atoms with Crippen molar-refractivity contribution in [2.24, 2.45) is 0 Å². The maximum atomic E-state index is 13.7. The van der Waals surface area contributed by atoms with Gasteiger partial charge in [0.1, 0.15) is 17.1 Å². The molecule has 1 aromatic carbocycles. The zero-order valence-electron chi connectivity index (χ0n) is 10.2. The van der Waals surface area contributed by atoms with Crippen LogP contribution in [-0.4, -0.2) is 51.2 Å². The highest BCUT2D eigenvalue weighted by Gasteiger charge is 2.35. The molecule has 108 valence electrons. The number of nitrogen functional groups attached to an aromatic ring is 1. The van der Waals surface area contributed by atoms with Crippen LogP contribution in [-0.2, 0) is 0 Å². The summed E-state index contributed by atoms with van der Waals surface area (Å²) in [5.41, 5.74) is 3.70. The lowest BCUT2D eigenvalue weighted by Crippen LogP contribution is -2.31. The number of aliphatic hydroxyl groups excluding tert-OH is 2. The van der Waals surface area contributed by atoms with Crippen LogP contribution in [0.4, 0.5) is 15.8 Å². The number of aliphatic hydroxyl groups is 2. The average Bonchev–Trinajstić information content (AvgIpc) is 2.69. The molecule has 9 heteroatoms. The van der Waals surface area contributed by atoms with Gasteiger partial charge in [0.05, 0.1) is 17.1 Å². The molecule has 2 unspecified atom stereocenters. The molecule has 8 nitrogen and oxygen atoms in total. The number of β-amino-alcohol motifs (C(OH)–C–C–N with tert-alkyl or cyclic N) is 2. The molecule has 1 amide bonds. The topological polar surface area (TPSA) is 130 Å². The van der Waals surface area contributed by atoms with Crippen molar-refractivity contribution in [1.82, 2.24) is 4.90 Å². The summed E-state index contributed by atoms with van der Waals surface area (Å²) in [6, 6.07) is 1.65. The Labute approximate surface area is 112 Å². The van der Waals surface area contributed by atoms with Gasteiger partial charge in [-0.05, 0) is 6.07 Å². The first-order valence-corrected chi connectivity index (χ1v) is 5.70. The molecule has 0 saturated carbocycles. The lowest BCUT2D eigenvalue weighted by molar-refractivity contribution is -0.384. The minimum absolute atomic E-state index is 0.193. The number of halogens is 1. The van der Waals surface area contributed by atoms with Gasteiger partial charge in [-0.3, -0.25) is 14.9 Å². The molecule has 2 rings (SSSR count). The standard InChI is InChI=1S/C11H12FN3O5/c12-5-1-2-6(15(19)20)10(13)9(5)11(18)14-3-7(16)8(17)4-14/h1-2,7-8,16-17H,3-4,13H2. The second-order valence-electron chi connectivity index (χ2n) is 4.46. The van der Waals surface area contributed by atoms with Crippen LogP contribution in [0.15, 0.2) is 12.1 Å². The van der Waals surface area contributed by atoms with Gasteiger partial charge in [0.15, 0.2) is 0 Å². The number of nitrogens with zero attached hydrogens (tertiary/aromatic N) is 2. The molecule has 0 aromatic heterocycles. The van der Waals surface area contributed by atoms with Gasteiger partial charge in [-0.2, -0.15) is 0 Å². The van der Waals surface area contributed by atoms with Crippen LogP contribution in [0.25, 0.3) is 0 Å². The number of hydrogen-bond acceptors (Lipinski definition) is 6. The number of nitro groups is 1. The van der Waals surface area contributed by atoms with Gasteiger partial charge in [0.2, 0.25) is 0 Å². The number of hydrogen-bond donors (Lipinski definition) is 3. The van der Waals surface area contributed by atoms with Gasteiger partial charge in [-0.1, -0.05) is 0 Å². The van der Waals surface area contributed by atoms with E-state index in [1.807, 2.05) is 0 Å². The molecule has 0 aliphatic carbocycles. The van der Waals surface area contributed by atoms with Crippen LogP contribution in [0, 0.1) is 15.9 Å². The van der Waals surface area contributed by atoms with E-state index in [0.29, 0.717) is 0 Å². The van der Waals surface area contributed by atoms with Crippen molar-refractivity contribution in [2.75, 3.05) is 18.8 Å². The van der Waals surface area contributed by atoms with Crippen molar-refractivity contribution in [2.45, 2.75) is 12.2 Å². The van der Waals surface area contributed by atoms with E-state index in [0.717, 1.165) is 17.0 Å². The molecular formula is C11H12FN3O5. The first kappa shape index (κ1) is 14.2. The molecule has 1 aliphatic heterocycles. The van der Waals surface area contributed by atoms with Gasteiger partial charge in [0, 0.05) is 19.2 Å². The normalized spacial score (nSPS) is 22.1. The van der Waals surface area contributed by atoms with Crippen LogP contribution in [0.2, 0.25) is 0 Å². The number of carbonyl (C=O) groups is 1. The van der Waals surface area contributed by atoms with E-state index in [1.54, 1.807) is 0 Å². The molecule has 4 N–H and O–H groups in total. The number of nitrogens with two attached hydrogens (primary N) is 1. The molecule has 1 heterocycles. The fourth-order valence-electron chi connectivity index (χ4n) is 2.05. The molecular weight excluding hydrogens is 273 g/mol. The average molecular weight is 285 g/mol. The second kappa shape index (κ2) is 5.02. The van der Waals surface area contributed by atoms with Crippen LogP contribution in [0.1, 0.15) is 10.4 Å². The van der Waals surface area contributed by atoms with Crippen LogP contribution < -0.4 is 5.73 Å². The zero-order valence-corrected chi connectivity index (χ0v) is 10.2. The number of benzene rings is 1. The van der Waals surface area contributed by atoms with Gasteiger partial charge >= 0.3 is 0 Å². The highest BCUT2D eigenvalue weighted by Crippen LogP contribution is 2.29. The van der Waals surface area contributed by atoms with Crippen LogP contribution >= 0.6 is 0 Å². The number of likely N-dealkylation sites (tertiary alicyclic amines) is 1. The number of nitro benzene ring substituents is 1. The molecule has 1 saturated heterocycles. The zero-order chi connectivity index (χ0) is 15.0. The van der Waals surface area contributed by atoms with Crippen molar-refractivity contribution in [1.29, 1.82) is 0 Å². The highest BCUT2D eigenvalue weighted by atomic mass is 19.1. The summed E-state index contributed by atoms with van der Waals surface area (Å²) < 4.78 is 13.7. The van der Waals surface area contributed by atoms with E-state index in [4.69, 9.17) is 5.73 Å². The molecule has 0 radical (unpaired) electrons. The molecule has 0 spiro atoms. The second-order valence-corrected chi connectivity index (χ2v) is 4.46. The summed E-state index contributed by atoms with van der Waals surface area (Å²) >= 11 is 0. The summed E-state index contributed by atoms with van der Waals surface area (Å²) in [7, 11) is 0. The maximum absolute atomic E-state index is 13.7. The van der Waals surface area contributed by atoms with Crippen LogP contribution in [0.3, 0.4) is 0 Å². The largest absolute Gasteiger partial charge is 0.392 e. The summed E-state index contributed by atoms with van der Waals surface area (Å²) in [5, 5.41) is 29.5. The molecule has 1 fully saturated rings. The number of rotatable bonds is 2.